The van der Waals surface area contributed by atoms with Crippen molar-refractivity contribution in [3.63, 3.8) is 0 Å². The summed E-state index contributed by atoms with van der Waals surface area (Å²) in [4.78, 5) is 25.1. The highest BCUT2D eigenvalue weighted by Crippen LogP contribution is 2.32. The first-order valence-electron chi connectivity index (χ1n) is 6.41. The number of H-pyrrole nitrogens is 1. The number of carboxylic acid groups (broad SMARTS) is 1. The number of carbonyl (C=O) groups excluding carboxylic acids is 1. The van der Waals surface area contributed by atoms with Crippen LogP contribution in [0.2, 0.25) is 0 Å². The molecule has 2 rings (SSSR count). The monoisotopic (exact) mass is 298 g/mol. The number of carboxylic acids is 1. The molecule has 1 saturated heterocycles. The topological polar surface area (TPSA) is 98.3 Å². The fourth-order valence-electron chi connectivity index (χ4n) is 2.25. The van der Waals surface area contributed by atoms with Gasteiger partial charge in [-0.2, -0.15) is 5.10 Å². The fraction of sp³-hybridized carbons (Fsp3) is 0.583. The first kappa shape index (κ1) is 14.7. The van der Waals surface area contributed by atoms with E-state index >= 15 is 0 Å². The molecule has 110 valence electrons. The van der Waals surface area contributed by atoms with Crippen LogP contribution in [-0.4, -0.2) is 49.4 Å². The number of urea groups is 1. The van der Waals surface area contributed by atoms with Crippen molar-refractivity contribution in [2.24, 2.45) is 0 Å². The molecule has 0 spiro atoms. The minimum Gasteiger partial charge on any atom is -0.480 e. The van der Waals surface area contributed by atoms with Crippen LogP contribution < -0.4 is 5.32 Å². The van der Waals surface area contributed by atoms with E-state index in [9.17, 15) is 14.7 Å². The number of carbonyl (C=O) groups is 2. The van der Waals surface area contributed by atoms with Crippen molar-refractivity contribution in [1.82, 2.24) is 15.1 Å². The second kappa shape index (κ2) is 5.74. The molecule has 2 atom stereocenters. The Morgan fingerprint density at radius 1 is 1.55 bits per heavy atom. The Hall–Kier alpha value is -1.70. The molecule has 2 unspecified atom stereocenters. The first-order chi connectivity index (χ1) is 9.45. The van der Waals surface area contributed by atoms with Gasteiger partial charge in [-0.05, 0) is 20.3 Å². The molecule has 0 radical (unpaired) electrons. The maximum atomic E-state index is 12.4. The van der Waals surface area contributed by atoms with Gasteiger partial charge in [0.1, 0.15) is 6.04 Å². The molecule has 1 aromatic heterocycles. The number of aromatic amines is 1. The molecule has 8 heteroatoms. The lowest BCUT2D eigenvalue weighted by Gasteiger charge is -2.26. The standard InChI is InChI=1S/C12H18N4O3S/c1-4-9-16(8(5-20-9)11(17)18)12(19)13-10-6(2)14-15-7(10)3/h8-9H,4-5H2,1-3H3,(H,13,19)(H,14,15)(H,17,18). The molecule has 20 heavy (non-hydrogen) atoms. The molecule has 1 aliphatic heterocycles. The van der Waals surface area contributed by atoms with Crippen LogP contribution in [0.3, 0.4) is 0 Å². The highest BCUT2D eigenvalue weighted by molar-refractivity contribution is 8.00. The average molecular weight is 298 g/mol. The van der Waals surface area contributed by atoms with Crippen LogP contribution in [0.5, 0.6) is 0 Å². The van der Waals surface area contributed by atoms with Gasteiger partial charge >= 0.3 is 12.0 Å². The molecular formula is C12H18N4O3S. The van der Waals surface area contributed by atoms with Crippen LogP contribution in [0.15, 0.2) is 0 Å². The Labute approximate surface area is 121 Å². The number of aryl methyl sites for hydroxylation is 2. The van der Waals surface area contributed by atoms with Gasteiger partial charge in [0.15, 0.2) is 0 Å². The Bertz CT molecular complexity index is 511. The van der Waals surface area contributed by atoms with Crippen LogP contribution in [-0.2, 0) is 4.79 Å². The Morgan fingerprint density at radius 3 is 2.75 bits per heavy atom. The van der Waals surface area contributed by atoms with Crippen molar-refractivity contribution in [1.29, 1.82) is 0 Å². The molecule has 2 heterocycles. The van der Waals surface area contributed by atoms with E-state index in [-0.39, 0.29) is 11.4 Å². The second-order valence-electron chi connectivity index (χ2n) is 4.70. The van der Waals surface area contributed by atoms with E-state index in [0.717, 1.165) is 5.69 Å². The van der Waals surface area contributed by atoms with Gasteiger partial charge in [0, 0.05) is 5.75 Å². The number of hydrogen-bond acceptors (Lipinski definition) is 4. The number of rotatable bonds is 3. The van der Waals surface area contributed by atoms with Crippen LogP contribution in [0.1, 0.15) is 24.7 Å². The quantitative estimate of drug-likeness (QED) is 0.790. The SMILES string of the molecule is CCC1SCC(C(=O)O)N1C(=O)Nc1c(C)n[nH]c1C. The third-order valence-electron chi connectivity index (χ3n) is 3.32. The van der Waals surface area contributed by atoms with Gasteiger partial charge in [-0.25, -0.2) is 9.59 Å². The zero-order chi connectivity index (χ0) is 14.9. The zero-order valence-corrected chi connectivity index (χ0v) is 12.5. The number of anilines is 1. The number of aliphatic carboxylic acids is 1. The Kier molecular flexibility index (Phi) is 4.22. The van der Waals surface area contributed by atoms with E-state index in [4.69, 9.17) is 0 Å². The van der Waals surface area contributed by atoms with Crippen molar-refractivity contribution in [2.75, 3.05) is 11.1 Å². The summed E-state index contributed by atoms with van der Waals surface area (Å²) in [6.45, 7) is 5.53. The lowest BCUT2D eigenvalue weighted by Crippen LogP contribution is -2.47. The summed E-state index contributed by atoms with van der Waals surface area (Å²) >= 11 is 1.50. The van der Waals surface area contributed by atoms with Crippen LogP contribution in [0.25, 0.3) is 0 Å². The highest BCUT2D eigenvalue weighted by atomic mass is 32.2. The van der Waals surface area contributed by atoms with Crippen molar-refractivity contribution < 1.29 is 14.7 Å². The summed E-state index contributed by atoms with van der Waals surface area (Å²) in [7, 11) is 0. The summed E-state index contributed by atoms with van der Waals surface area (Å²) in [5.74, 6) is -0.547. The lowest BCUT2D eigenvalue weighted by molar-refractivity contribution is -0.141. The van der Waals surface area contributed by atoms with Crippen LogP contribution >= 0.6 is 11.8 Å². The molecule has 0 bridgehead atoms. The fourth-order valence-corrected chi connectivity index (χ4v) is 3.59. The minimum atomic E-state index is -0.968. The highest BCUT2D eigenvalue weighted by Gasteiger charge is 2.41. The molecule has 0 aromatic carbocycles. The summed E-state index contributed by atoms with van der Waals surface area (Å²) in [5, 5.41) is 18.7. The summed E-state index contributed by atoms with van der Waals surface area (Å²) < 4.78 is 0. The number of hydrogen-bond donors (Lipinski definition) is 3. The van der Waals surface area contributed by atoms with E-state index in [0.29, 0.717) is 23.6 Å². The molecule has 2 amide bonds. The average Bonchev–Trinajstić information content (AvgIpc) is 2.96. The number of nitrogens with one attached hydrogen (secondary N) is 2. The van der Waals surface area contributed by atoms with Crippen LogP contribution in [0.4, 0.5) is 10.5 Å². The maximum absolute atomic E-state index is 12.4. The number of aromatic nitrogens is 2. The smallest absolute Gasteiger partial charge is 0.327 e. The summed E-state index contributed by atoms with van der Waals surface area (Å²) in [5.41, 5.74) is 2.05. The molecular weight excluding hydrogens is 280 g/mol. The van der Waals surface area contributed by atoms with Crippen molar-refractivity contribution in [3.05, 3.63) is 11.4 Å². The number of thioether (sulfide) groups is 1. The summed E-state index contributed by atoms with van der Waals surface area (Å²) in [6, 6.07) is -1.17. The molecule has 1 aromatic rings. The number of amides is 2. The number of nitrogens with zero attached hydrogens (tertiary/aromatic N) is 2. The zero-order valence-electron chi connectivity index (χ0n) is 11.6. The maximum Gasteiger partial charge on any atom is 0.327 e. The normalized spacial score (nSPS) is 22.1. The third-order valence-corrected chi connectivity index (χ3v) is 4.77. The second-order valence-corrected chi connectivity index (χ2v) is 5.91. The van der Waals surface area contributed by atoms with Gasteiger partial charge < -0.3 is 10.4 Å². The molecule has 1 aliphatic rings. The van der Waals surface area contributed by atoms with Gasteiger partial charge in [-0.15, -0.1) is 11.8 Å². The van der Waals surface area contributed by atoms with Crippen molar-refractivity contribution in [3.8, 4) is 0 Å². The Balaban J connectivity index is 2.19. The van der Waals surface area contributed by atoms with Crippen molar-refractivity contribution >= 4 is 29.4 Å². The van der Waals surface area contributed by atoms with E-state index < -0.39 is 12.0 Å². The van der Waals surface area contributed by atoms with Gasteiger partial charge in [0.25, 0.3) is 0 Å². The molecule has 0 saturated carbocycles. The van der Waals surface area contributed by atoms with Gasteiger partial charge in [0.2, 0.25) is 0 Å². The van der Waals surface area contributed by atoms with E-state index in [1.807, 2.05) is 6.92 Å². The summed E-state index contributed by atoms with van der Waals surface area (Å²) in [6.07, 6.45) is 0.714. The molecule has 7 nitrogen and oxygen atoms in total. The molecule has 3 N–H and O–H groups in total. The lowest BCUT2D eigenvalue weighted by atomic mass is 10.2. The predicted octanol–water partition coefficient (Wildman–Crippen LogP) is 1.80. The molecule has 0 aliphatic carbocycles. The van der Waals surface area contributed by atoms with E-state index in [2.05, 4.69) is 15.5 Å². The van der Waals surface area contributed by atoms with Gasteiger partial charge in [0.05, 0.1) is 22.4 Å². The predicted molar refractivity (Wildman–Crippen MR) is 76.9 cm³/mol. The third kappa shape index (κ3) is 2.60. The van der Waals surface area contributed by atoms with Gasteiger partial charge in [-0.1, -0.05) is 6.92 Å². The molecule has 1 fully saturated rings. The van der Waals surface area contributed by atoms with Gasteiger partial charge in [-0.3, -0.25) is 10.00 Å². The minimum absolute atomic E-state index is 0.108. The van der Waals surface area contributed by atoms with E-state index in [1.165, 1.54) is 16.7 Å². The first-order valence-corrected chi connectivity index (χ1v) is 7.45. The van der Waals surface area contributed by atoms with Crippen LogP contribution in [0, 0.1) is 13.8 Å². The Morgan fingerprint density at radius 2 is 2.25 bits per heavy atom. The largest absolute Gasteiger partial charge is 0.480 e. The van der Waals surface area contributed by atoms with E-state index in [1.54, 1.807) is 13.8 Å². The van der Waals surface area contributed by atoms with Crippen molar-refractivity contribution in [2.45, 2.75) is 38.6 Å².